The number of nitrogens with one attached hydrogen (secondary N) is 1. The van der Waals surface area contributed by atoms with Gasteiger partial charge in [0.15, 0.2) is 0 Å². The van der Waals surface area contributed by atoms with E-state index < -0.39 is 0 Å². The zero-order chi connectivity index (χ0) is 15.1. The minimum absolute atomic E-state index is 0.0385. The third kappa shape index (κ3) is 4.18. The molecule has 0 aliphatic heterocycles. The lowest BCUT2D eigenvalue weighted by molar-refractivity contribution is 0.0955. The normalized spacial score (nSPS) is 10.0. The monoisotopic (exact) mass is 319 g/mol. The maximum atomic E-state index is 12.2. The fraction of sp³-hybridized carbons (Fsp3) is 0.312. The van der Waals surface area contributed by atoms with Gasteiger partial charge in [-0.3, -0.25) is 4.79 Å². The Morgan fingerprint density at radius 2 is 2.14 bits per heavy atom. The zero-order valence-corrected chi connectivity index (χ0v) is 13.4. The van der Waals surface area contributed by atoms with Crippen molar-refractivity contribution in [3.63, 3.8) is 0 Å². The summed E-state index contributed by atoms with van der Waals surface area (Å²) in [4.78, 5) is 14.1. The van der Waals surface area contributed by atoms with Crippen molar-refractivity contribution in [3.05, 3.63) is 43.8 Å². The summed E-state index contributed by atoms with van der Waals surface area (Å²) < 4.78 is 0. The Labute approximate surface area is 132 Å². The molecule has 0 spiro atoms. The van der Waals surface area contributed by atoms with E-state index in [1.807, 2.05) is 11.4 Å². The smallest absolute Gasteiger partial charge is 0.262 e. The van der Waals surface area contributed by atoms with E-state index in [1.54, 1.807) is 11.3 Å². The summed E-state index contributed by atoms with van der Waals surface area (Å²) in [7, 11) is 0. The predicted octanol–water partition coefficient (Wildman–Crippen LogP) is 3.04. The molecule has 0 fully saturated rings. The highest BCUT2D eigenvalue weighted by atomic mass is 32.1. The molecule has 0 aromatic carbocycles. The van der Waals surface area contributed by atoms with E-state index in [9.17, 15) is 4.79 Å². The van der Waals surface area contributed by atoms with Gasteiger partial charge in [-0.15, -0.1) is 22.7 Å². The molecule has 0 bridgehead atoms. The second-order valence-electron chi connectivity index (χ2n) is 4.34. The molecular weight excluding hydrogens is 302 g/mol. The van der Waals surface area contributed by atoms with Gasteiger partial charge in [0.05, 0.1) is 13.2 Å². The molecule has 0 unspecified atom stereocenters. The number of rotatable bonds is 5. The summed E-state index contributed by atoms with van der Waals surface area (Å²) in [6.07, 6.45) is 1.40. The molecule has 2 heterocycles. The molecule has 2 rings (SSSR count). The second kappa shape index (κ2) is 7.99. The van der Waals surface area contributed by atoms with Crippen LogP contribution in [0.4, 0.5) is 0 Å². The van der Waals surface area contributed by atoms with E-state index in [4.69, 9.17) is 5.11 Å². The first kappa shape index (κ1) is 15.8. The van der Waals surface area contributed by atoms with E-state index in [1.165, 1.54) is 21.8 Å². The van der Waals surface area contributed by atoms with Crippen LogP contribution in [0.3, 0.4) is 0 Å². The fourth-order valence-electron chi connectivity index (χ4n) is 1.88. The molecule has 0 saturated heterocycles. The van der Waals surface area contributed by atoms with Crippen molar-refractivity contribution >= 4 is 28.6 Å². The highest BCUT2D eigenvalue weighted by Gasteiger charge is 2.12. The summed E-state index contributed by atoms with van der Waals surface area (Å²) in [5.74, 6) is 5.69. The standard InChI is InChI=1S/C16H17NO2S2/c1-2-12-6-9-20-14(12)11-17-16(19)15-13(7-10-21-15)5-3-4-8-18/h6-7,9-10,18H,2,4,8,11H2,1H3,(H,17,19). The van der Waals surface area contributed by atoms with Crippen molar-refractivity contribution in [1.29, 1.82) is 0 Å². The molecule has 0 saturated carbocycles. The maximum absolute atomic E-state index is 12.2. The first-order valence-electron chi connectivity index (χ1n) is 6.77. The molecule has 0 atom stereocenters. The summed E-state index contributed by atoms with van der Waals surface area (Å²) in [5, 5.41) is 15.6. The van der Waals surface area contributed by atoms with E-state index in [0.717, 1.165) is 12.0 Å². The van der Waals surface area contributed by atoms with Gasteiger partial charge in [-0.05, 0) is 34.9 Å². The molecule has 0 aliphatic rings. The maximum Gasteiger partial charge on any atom is 0.262 e. The van der Waals surface area contributed by atoms with Gasteiger partial charge in [-0.2, -0.15) is 0 Å². The molecule has 3 nitrogen and oxygen atoms in total. The van der Waals surface area contributed by atoms with Gasteiger partial charge in [0, 0.05) is 16.9 Å². The Hall–Kier alpha value is -1.61. The number of aliphatic hydroxyl groups is 1. The number of carbonyl (C=O) groups is 1. The van der Waals surface area contributed by atoms with Crippen molar-refractivity contribution in [3.8, 4) is 11.8 Å². The van der Waals surface area contributed by atoms with Crippen LogP contribution < -0.4 is 5.32 Å². The van der Waals surface area contributed by atoms with Crippen LogP contribution in [0.2, 0.25) is 0 Å². The quantitative estimate of drug-likeness (QED) is 0.832. The van der Waals surface area contributed by atoms with Crippen LogP contribution in [0, 0.1) is 11.8 Å². The van der Waals surface area contributed by atoms with Crippen molar-refractivity contribution in [2.75, 3.05) is 6.61 Å². The van der Waals surface area contributed by atoms with Crippen LogP contribution in [0.15, 0.2) is 22.9 Å². The Bertz CT molecular complexity index is 661. The Morgan fingerprint density at radius 1 is 1.33 bits per heavy atom. The van der Waals surface area contributed by atoms with E-state index >= 15 is 0 Å². The Balaban J connectivity index is 2.01. The second-order valence-corrected chi connectivity index (χ2v) is 6.26. The number of aliphatic hydroxyl groups excluding tert-OH is 1. The lowest BCUT2D eigenvalue weighted by atomic mass is 10.2. The number of carbonyl (C=O) groups excluding carboxylic acids is 1. The van der Waals surface area contributed by atoms with Crippen molar-refractivity contribution in [1.82, 2.24) is 5.32 Å². The van der Waals surface area contributed by atoms with Gasteiger partial charge < -0.3 is 10.4 Å². The van der Waals surface area contributed by atoms with Gasteiger partial charge in [-0.1, -0.05) is 18.8 Å². The van der Waals surface area contributed by atoms with Gasteiger partial charge in [-0.25, -0.2) is 0 Å². The SMILES string of the molecule is CCc1ccsc1CNC(=O)c1sccc1C#CCCO. The number of hydrogen-bond donors (Lipinski definition) is 2. The summed E-state index contributed by atoms with van der Waals surface area (Å²) >= 11 is 3.06. The molecule has 2 N–H and O–H groups in total. The largest absolute Gasteiger partial charge is 0.395 e. The fourth-order valence-corrected chi connectivity index (χ4v) is 3.56. The number of hydrogen-bond acceptors (Lipinski definition) is 4. The van der Waals surface area contributed by atoms with E-state index in [2.05, 4.69) is 35.5 Å². The van der Waals surface area contributed by atoms with Crippen LogP contribution in [0.25, 0.3) is 0 Å². The average molecular weight is 319 g/mol. The highest BCUT2D eigenvalue weighted by molar-refractivity contribution is 7.12. The van der Waals surface area contributed by atoms with Crippen molar-refractivity contribution in [2.24, 2.45) is 0 Å². The van der Waals surface area contributed by atoms with Crippen molar-refractivity contribution in [2.45, 2.75) is 26.3 Å². The first-order chi connectivity index (χ1) is 10.3. The minimum atomic E-state index is -0.0891. The molecule has 0 radical (unpaired) electrons. The number of amides is 1. The van der Waals surface area contributed by atoms with Gasteiger partial charge in [0.25, 0.3) is 5.91 Å². The van der Waals surface area contributed by atoms with E-state index in [0.29, 0.717) is 17.8 Å². The number of aryl methyl sites for hydroxylation is 1. The molecule has 1 amide bonds. The van der Waals surface area contributed by atoms with E-state index in [-0.39, 0.29) is 12.5 Å². The Kier molecular flexibility index (Phi) is 6.00. The van der Waals surface area contributed by atoms with Crippen LogP contribution in [-0.4, -0.2) is 17.6 Å². The van der Waals surface area contributed by atoms with Crippen LogP contribution in [0.1, 0.15) is 39.0 Å². The molecular formula is C16H17NO2S2. The third-order valence-electron chi connectivity index (χ3n) is 2.96. The molecule has 5 heteroatoms. The highest BCUT2D eigenvalue weighted by Crippen LogP contribution is 2.19. The van der Waals surface area contributed by atoms with Gasteiger partial charge in [0.2, 0.25) is 0 Å². The minimum Gasteiger partial charge on any atom is -0.395 e. The lowest BCUT2D eigenvalue weighted by Gasteiger charge is -2.04. The number of thiophene rings is 2. The van der Waals surface area contributed by atoms with Gasteiger partial charge >= 0.3 is 0 Å². The Morgan fingerprint density at radius 3 is 2.90 bits per heavy atom. The topological polar surface area (TPSA) is 49.3 Å². The van der Waals surface area contributed by atoms with Crippen LogP contribution >= 0.6 is 22.7 Å². The first-order valence-corrected chi connectivity index (χ1v) is 8.52. The molecule has 0 aliphatic carbocycles. The van der Waals surface area contributed by atoms with Crippen LogP contribution in [0.5, 0.6) is 0 Å². The molecule has 110 valence electrons. The summed E-state index contributed by atoms with van der Waals surface area (Å²) in [6, 6.07) is 3.94. The molecule has 2 aromatic rings. The third-order valence-corrected chi connectivity index (χ3v) is 4.84. The summed E-state index contributed by atoms with van der Waals surface area (Å²) in [6.45, 7) is 2.71. The average Bonchev–Trinajstić information content (AvgIpc) is 3.13. The van der Waals surface area contributed by atoms with Gasteiger partial charge in [0.1, 0.15) is 4.88 Å². The van der Waals surface area contributed by atoms with Crippen molar-refractivity contribution < 1.29 is 9.90 Å². The predicted molar refractivity (Wildman–Crippen MR) is 87.8 cm³/mol. The lowest BCUT2D eigenvalue weighted by Crippen LogP contribution is -2.22. The molecule has 2 aromatic heterocycles. The molecule has 21 heavy (non-hydrogen) atoms. The zero-order valence-electron chi connectivity index (χ0n) is 11.8. The summed E-state index contributed by atoms with van der Waals surface area (Å²) in [5.41, 5.74) is 2.02. The van der Waals surface area contributed by atoms with Crippen LogP contribution in [-0.2, 0) is 13.0 Å².